The van der Waals surface area contributed by atoms with Crippen LogP contribution in [0.4, 0.5) is 9.93 Å². The molecule has 0 bridgehead atoms. The van der Waals surface area contributed by atoms with Crippen LogP contribution in [0.25, 0.3) is 6.08 Å². The van der Waals surface area contributed by atoms with Gasteiger partial charge in [-0.1, -0.05) is 6.08 Å². The standard InChI is InChI=1S/C6H8N2S.CH2O3/c1-2-3-5-4-9-6(7)8-5;2-1(3)4/h2-4H,1H3,(H2,7,8);(H2,2,3,4). The maximum absolute atomic E-state index is 8.56. The summed E-state index contributed by atoms with van der Waals surface area (Å²) in [5, 5.41) is 16.5. The fraction of sp³-hybridized carbons (Fsp3) is 0.143. The monoisotopic (exact) mass is 202 g/mol. The number of aromatic nitrogens is 1. The lowest BCUT2D eigenvalue weighted by Crippen LogP contribution is -1.81. The Morgan fingerprint density at radius 3 is 2.54 bits per heavy atom. The van der Waals surface area contributed by atoms with Gasteiger partial charge in [-0.25, -0.2) is 9.78 Å². The van der Waals surface area contributed by atoms with Crippen molar-refractivity contribution < 1.29 is 15.0 Å². The van der Waals surface area contributed by atoms with Gasteiger partial charge in [0, 0.05) is 5.38 Å². The van der Waals surface area contributed by atoms with E-state index < -0.39 is 6.16 Å². The van der Waals surface area contributed by atoms with E-state index in [0.29, 0.717) is 5.13 Å². The van der Waals surface area contributed by atoms with E-state index in [2.05, 4.69) is 4.98 Å². The number of hydrogen-bond acceptors (Lipinski definition) is 4. The van der Waals surface area contributed by atoms with Crippen LogP contribution in [0, 0.1) is 0 Å². The highest BCUT2D eigenvalue weighted by molar-refractivity contribution is 7.13. The SMILES string of the molecule is CC=Cc1csc(N)n1.O=C(O)O. The quantitative estimate of drug-likeness (QED) is 0.647. The summed E-state index contributed by atoms with van der Waals surface area (Å²) in [5.41, 5.74) is 6.33. The Balaban J connectivity index is 0.000000310. The molecule has 6 heteroatoms. The van der Waals surface area contributed by atoms with Gasteiger partial charge >= 0.3 is 6.16 Å². The second kappa shape index (κ2) is 6.01. The second-order valence-corrected chi connectivity index (χ2v) is 2.78. The van der Waals surface area contributed by atoms with Gasteiger partial charge in [-0.2, -0.15) is 0 Å². The summed E-state index contributed by atoms with van der Waals surface area (Å²) < 4.78 is 0. The molecule has 5 nitrogen and oxygen atoms in total. The summed E-state index contributed by atoms with van der Waals surface area (Å²) >= 11 is 1.46. The molecule has 1 aromatic rings. The van der Waals surface area contributed by atoms with Crippen molar-refractivity contribution in [1.82, 2.24) is 4.98 Å². The van der Waals surface area contributed by atoms with Crippen molar-refractivity contribution in [3.05, 3.63) is 17.2 Å². The minimum atomic E-state index is -1.83. The number of carbonyl (C=O) groups is 1. The molecule has 0 atom stereocenters. The van der Waals surface area contributed by atoms with Crippen LogP contribution in [-0.4, -0.2) is 21.4 Å². The Hall–Kier alpha value is -1.56. The molecule has 0 spiro atoms. The normalized spacial score (nSPS) is 9.31. The molecule has 1 heterocycles. The predicted molar refractivity (Wildman–Crippen MR) is 51.9 cm³/mol. The van der Waals surface area contributed by atoms with Crippen LogP contribution in [0.15, 0.2) is 11.5 Å². The molecule has 0 saturated carbocycles. The van der Waals surface area contributed by atoms with E-state index in [1.165, 1.54) is 11.3 Å². The second-order valence-electron chi connectivity index (χ2n) is 1.89. The first-order chi connectivity index (χ1) is 6.06. The Labute approximate surface area is 79.2 Å². The van der Waals surface area contributed by atoms with Crippen molar-refractivity contribution in [2.45, 2.75) is 6.92 Å². The summed E-state index contributed by atoms with van der Waals surface area (Å²) in [6.45, 7) is 1.95. The summed E-state index contributed by atoms with van der Waals surface area (Å²) in [6, 6.07) is 0. The van der Waals surface area contributed by atoms with Gasteiger partial charge in [0.05, 0.1) is 5.69 Å². The molecule has 0 aliphatic rings. The largest absolute Gasteiger partial charge is 0.503 e. The number of anilines is 1. The lowest BCUT2D eigenvalue weighted by Gasteiger charge is -1.76. The number of allylic oxidation sites excluding steroid dienone is 1. The number of nitrogens with two attached hydrogens (primary N) is 1. The fourth-order valence-electron chi connectivity index (χ4n) is 0.548. The first-order valence-electron chi connectivity index (χ1n) is 3.32. The molecule has 1 rings (SSSR count). The van der Waals surface area contributed by atoms with E-state index in [-0.39, 0.29) is 0 Å². The smallest absolute Gasteiger partial charge is 0.450 e. The van der Waals surface area contributed by atoms with Crippen LogP contribution in [0.2, 0.25) is 0 Å². The van der Waals surface area contributed by atoms with E-state index in [9.17, 15) is 0 Å². The Kier molecular flexibility index (Phi) is 5.29. The maximum atomic E-state index is 8.56. The molecule has 4 N–H and O–H groups in total. The van der Waals surface area contributed by atoms with Gasteiger partial charge in [0.15, 0.2) is 5.13 Å². The molecule has 13 heavy (non-hydrogen) atoms. The minimum Gasteiger partial charge on any atom is -0.450 e. The van der Waals surface area contributed by atoms with Crippen molar-refractivity contribution in [3.63, 3.8) is 0 Å². The number of hydrogen-bond donors (Lipinski definition) is 3. The summed E-state index contributed by atoms with van der Waals surface area (Å²) in [6.07, 6.45) is 2.03. The number of carboxylic acid groups (broad SMARTS) is 2. The van der Waals surface area contributed by atoms with Crippen LogP contribution in [0.5, 0.6) is 0 Å². The number of nitrogens with zero attached hydrogens (tertiary/aromatic N) is 1. The number of rotatable bonds is 1. The Morgan fingerprint density at radius 1 is 1.69 bits per heavy atom. The zero-order valence-corrected chi connectivity index (χ0v) is 7.78. The summed E-state index contributed by atoms with van der Waals surface area (Å²) in [7, 11) is 0. The van der Waals surface area contributed by atoms with Crippen LogP contribution in [0.3, 0.4) is 0 Å². The van der Waals surface area contributed by atoms with Crippen molar-refractivity contribution in [2.24, 2.45) is 0 Å². The third-order valence-corrected chi connectivity index (χ3v) is 1.57. The van der Waals surface area contributed by atoms with Crippen LogP contribution in [-0.2, 0) is 0 Å². The molecule has 72 valence electrons. The summed E-state index contributed by atoms with van der Waals surface area (Å²) in [5.74, 6) is 0. The Morgan fingerprint density at radius 2 is 2.23 bits per heavy atom. The first-order valence-corrected chi connectivity index (χ1v) is 4.19. The lowest BCUT2D eigenvalue weighted by atomic mass is 10.4. The topological polar surface area (TPSA) is 96.4 Å². The highest BCUT2D eigenvalue weighted by atomic mass is 32.1. The minimum absolute atomic E-state index is 0.628. The molecule has 0 saturated heterocycles. The van der Waals surface area contributed by atoms with Gasteiger partial charge in [0.1, 0.15) is 0 Å². The fourth-order valence-corrected chi connectivity index (χ4v) is 1.08. The van der Waals surface area contributed by atoms with Gasteiger partial charge in [0.25, 0.3) is 0 Å². The first kappa shape index (κ1) is 11.4. The molecular formula is C7H10N2O3S. The van der Waals surface area contributed by atoms with E-state index >= 15 is 0 Å². The molecule has 0 aromatic carbocycles. The third kappa shape index (κ3) is 6.82. The van der Waals surface area contributed by atoms with Crippen molar-refractivity contribution in [3.8, 4) is 0 Å². The van der Waals surface area contributed by atoms with Gasteiger partial charge in [-0.15, -0.1) is 11.3 Å². The highest BCUT2D eigenvalue weighted by Crippen LogP contribution is 2.11. The van der Waals surface area contributed by atoms with Gasteiger partial charge in [-0.05, 0) is 13.0 Å². The maximum Gasteiger partial charge on any atom is 0.503 e. The average Bonchev–Trinajstić information content (AvgIpc) is 2.35. The van der Waals surface area contributed by atoms with Crippen molar-refractivity contribution in [1.29, 1.82) is 0 Å². The lowest BCUT2D eigenvalue weighted by molar-refractivity contribution is 0.137. The van der Waals surface area contributed by atoms with Crippen LogP contribution in [0.1, 0.15) is 12.6 Å². The van der Waals surface area contributed by atoms with E-state index in [1.807, 2.05) is 24.5 Å². The third-order valence-electron chi connectivity index (χ3n) is 0.877. The summed E-state index contributed by atoms with van der Waals surface area (Å²) in [4.78, 5) is 12.6. The zero-order valence-electron chi connectivity index (χ0n) is 6.97. The predicted octanol–water partition coefficient (Wildman–Crippen LogP) is 1.98. The van der Waals surface area contributed by atoms with E-state index in [4.69, 9.17) is 20.7 Å². The van der Waals surface area contributed by atoms with Crippen LogP contribution >= 0.6 is 11.3 Å². The van der Waals surface area contributed by atoms with Gasteiger partial charge in [0.2, 0.25) is 0 Å². The van der Waals surface area contributed by atoms with Crippen LogP contribution < -0.4 is 5.73 Å². The molecule has 0 unspecified atom stereocenters. The van der Waals surface area contributed by atoms with E-state index in [0.717, 1.165) is 5.69 Å². The van der Waals surface area contributed by atoms with Gasteiger partial charge < -0.3 is 15.9 Å². The molecule has 0 radical (unpaired) electrons. The molecule has 0 aliphatic heterocycles. The number of thiazole rings is 1. The zero-order chi connectivity index (χ0) is 10.3. The Bertz CT molecular complexity index is 292. The van der Waals surface area contributed by atoms with Crippen molar-refractivity contribution in [2.75, 3.05) is 5.73 Å². The highest BCUT2D eigenvalue weighted by Gasteiger charge is 1.90. The molecule has 0 aliphatic carbocycles. The van der Waals surface area contributed by atoms with Gasteiger partial charge in [-0.3, -0.25) is 0 Å². The van der Waals surface area contributed by atoms with E-state index in [1.54, 1.807) is 0 Å². The molecule has 0 amide bonds. The molecule has 0 fully saturated rings. The molecular weight excluding hydrogens is 192 g/mol. The van der Waals surface area contributed by atoms with Crippen molar-refractivity contribution >= 4 is 28.7 Å². The number of nitrogen functional groups attached to an aromatic ring is 1. The average molecular weight is 202 g/mol. The molecule has 1 aromatic heterocycles.